The van der Waals surface area contributed by atoms with Crippen molar-refractivity contribution in [2.75, 3.05) is 4.90 Å². The maximum absolute atomic E-state index is 6.74. The predicted octanol–water partition coefficient (Wildman–Crippen LogP) is 18.2. The molecular formula is C67H43NO2. The van der Waals surface area contributed by atoms with Gasteiger partial charge >= 0.3 is 0 Å². The van der Waals surface area contributed by atoms with Crippen molar-refractivity contribution < 1.29 is 9.15 Å². The number of anilines is 3. The topological polar surface area (TPSA) is 25.6 Å². The summed E-state index contributed by atoms with van der Waals surface area (Å²) in [6.45, 7) is 0. The molecule has 0 fully saturated rings. The summed E-state index contributed by atoms with van der Waals surface area (Å²) in [6, 6.07) is 94.2. The highest BCUT2D eigenvalue weighted by Gasteiger charge is 2.51. The van der Waals surface area contributed by atoms with Gasteiger partial charge in [0, 0.05) is 38.8 Å². The molecule has 0 N–H and O–H groups in total. The molecule has 2 heterocycles. The van der Waals surface area contributed by atoms with Gasteiger partial charge < -0.3 is 14.1 Å². The fraction of sp³-hybridized carbons (Fsp3) is 0.0149. The van der Waals surface area contributed by atoms with E-state index in [4.69, 9.17) is 9.15 Å². The van der Waals surface area contributed by atoms with Crippen molar-refractivity contribution in [1.29, 1.82) is 0 Å². The van der Waals surface area contributed by atoms with Crippen molar-refractivity contribution in [3.63, 3.8) is 0 Å². The van der Waals surface area contributed by atoms with Gasteiger partial charge in [-0.25, -0.2) is 0 Å². The Morgan fingerprint density at radius 1 is 0.300 bits per heavy atom. The van der Waals surface area contributed by atoms with Gasteiger partial charge in [-0.1, -0.05) is 206 Å². The Morgan fingerprint density at radius 3 is 1.54 bits per heavy atom. The molecule has 11 aromatic carbocycles. The Bertz CT molecular complexity index is 3950. The van der Waals surface area contributed by atoms with E-state index in [1.807, 2.05) is 12.1 Å². The van der Waals surface area contributed by atoms with E-state index in [1.54, 1.807) is 0 Å². The third-order valence-electron chi connectivity index (χ3n) is 14.6. The summed E-state index contributed by atoms with van der Waals surface area (Å²) < 4.78 is 13.1. The summed E-state index contributed by atoms with van der Waals surface area (Å²) in [6.07, 6.45) is 0. The highest BCUT2D eigenvalue weighted by atomic mass is 16.5. The number of rotatable bonds is 7. The van der Waals surface area contributed by atoms with Gasteiger partial charge in [-0.2, -0.15) is 0 Å². The van der Waals surface area contributed by atoms with Crippen molar-refractivity contribution in [3.05, 3.63) is 283 Å². The molecule has 0 bridgehead atoms. The van der Waals surface area contributed by atoms with Crippen LogP contribution in [0.5, 0.6) is 11.5 Å². The molecule has 0 radical (unpaired) electrons. The lowest BCUT2D eigenvalue weighted by atomic mass is 9.66. The van der Waals surface area contributed by atoms with Gasteiger partial charge in [-0.15, -0.1) is 0 Å². The van der Waals surface area contributed by atoms with E-state index in [2.05, 4.69) is 254 Å². The van der Waals surface area contributed by atoms with Crippen LogP contribution in [0.4, 0.5) is 17.1 Å². The van der Waals surface area contributed by atoms with Gasteiger partial charge in [0.25, 0.3) is 0 Å². The van der Waals surface area contributed by atoms with Crippen LogP contribution in [-0.2, 0) is 5.41 Å². The quantitative estimate of drug-likeness (QED) is 0.159. The predicted molar refractivity (Wildman–Crippen MR) is 288 cm³/mol. The van der Waals surface area contributed by atoms with E-state index >= 15 is 0 Å². The molecular weight excluding hydrogens is 851 g/mol. The molecule has 0 saturated heterocycles. The number of furan rings is 1. The third kappa shape index (κ3) is 6.01. The summed E-state index contributed by atoms with van der Waals surface area (Å²) in [5, 5.41) is 2.24. The van der Waals surface area contributed by atoms with Crippen LogP contribution in [-0.4, -0.2) is 0 Å². The molecule has 1 spiro atoms. The Morgan fingerprint density at radius 2 is 0.800 bits per heavy atom. The maximum Gasteiger partial charge on any atom is 0.136 e. The summed E-state index contributed by atoms with van der Waals surface area (Å²) in [7, 11) is 0. The largest absolute Gasteiger partial charge is 0.457 e. The number of nitrogens with zero attached hydrogens (tertiary/aromatic N) is 1. The lowest BCUT2D eigenvalue weighted by molar-refractivity contribution is 0.436. The number of ether oxygens (including phenoxy) is 1. The fourth-order valence-corrected chi connectivity index (χ4v) is 11.7. The van der Waals surface area contributed by atoms with Crippen LogP contribution in [0.15, 0.2) is 265 Å². The average molecular weight is 894 g/mol. The van der Waals surface area contributed by atoms with Gasteiger partial charge in [0.05, 0.1) is 11.1 Å². The molecule has 1 aromatic heterocycles. The zero-order valence-electron chi connectivity index (χ0n) is 38.1. The molecule has 2 aliphatic rings. The molecule has 0 atom stereocenters. The molecule has 3 nitrogen and oxygen atoms in total. The van der Waals surface area contributed by atoms with Gasteiger partial charge in [0.2, 0.25) is 0 Å². The van der Waals surface area contributed by atoms with E-state index in [-0.39, 0.29) is 0 Å². The minimum Gasteiger partial charge on any atom is -0.457 e. The molecule has 3 heteroatoms. The van der Waals surface area contributed by atoms with Crippen LogP contribution in [0.25, 0.3) is 77.6 Å². The average Bonchev–Trinajstić information content (AvgIpc) is 3.96. The Labute approximate surface area is 406 Å². The summed E-state index contributed by atoms with van der Waals surface area (Å²) in [4.78, 5) is 2.46. The molecule has 1 aliphatic carbocycles. The van der Waals surface area contributed by atoms with Gasteiger partial charge in [-0.05, 0) is 116 Å². The molecule has 0 saturated carbocycles. The molecule has 70 heavy (non-hydrogen) atoms. The van der Waals surface area contributed by atoms with Crippen molar-refractivity contribution in [1.82, 2.24) is 0 Å². The molecule has 12 aromatic rings. The van der Waals surface area contributed by atoms with E-state index in [0.29, 0.717) is 0 Å². The molecule has 0 amide bonds. The summed E-state index contributed by atoms with van der Waals surface area (Å²) >= 11 is 0. The first kappa shape index (κ1) is 39.9. The van der Waals surface area contributed by atoms with Crippen molar-refractivity contribution in [2.45, 2.75) is 5.41 Å². The fourth-order valence-electron chi connectivity index (χ4n) is 11.7. The van der Waals surface area contributed by atoms with E-state index in [0.717, 1.165) is 83.9 Å². The number of hydrogen-bond donors (Lipinski definition) is 0. The normalized spacial score (nSPS) is 12.8. The van der Waals surface area contributed by atoms with Crippen LogP contribution >= 0.6 is 0 Å². The second-order valence-corrected chi connectivity index (χ2v) is 18.3. The standard InChI is InChI=1S/C67H43NO2/c1-2-19-44(20-3-1)48-21-4-5-22-50(48)51-23-6-7-24-52(51)55-26-9-14-32-61(55)68(46-39-37-45(38-40-46)49-28-18-36-65-66(49)56-27-10-15-33-62(56)69-65)47-41-42-54-53-25-8-11-29-57(53)67(60(54)43-47)58-30-12-16-34-63(58)70-64-35-17-13-31-59(64)67/h1-43H. The molecule has 1 aliphatic heterocycles. The first-order valence-corrected chi connectivity index (χ1v) is 24.0. The zero-order valence-corrected chi connectivity index (χ0v) is 38.1. The first-order valence-electron chi connectivity index (χ1n) is 24.0. The number of benzene rings is 11. The van der Waals surface area contributed by atoms with Gasteiger partial charge in [0.15, 0.2) is 0 Å². The van der Waals surface area contributed by atoms with E-state index < -0.39 is 5.41 Å². The summed E-state index contributed by atoms with van der Waals surface area (Å²) in [5.41, 5.74) is 20.8. The van der Waals surface area contributed by atoms with Crippen LogP contribution in [0, 0.1) is 0 Å². The van der Waals surface area contributed by atoms with Crippen molar-refractivity contribution in [3.8, 4) is 67.1 Å². The minimum absolute atomic E-state index is 0.623. The molecule has 0 unspecified atom stereocenters. The van der Waals surface area contributed by atoms with Crippen LogP contribution < -0.4 is 9.64 Å². The van der Waals surface area contributed by atoms with Crippen LogP contribution in [0.3, 0.4) is 0 Å². The highest BCUT2D eigenvalue weighted by molar-refractivity contribution is 6.12. The van der Waals surface area contributed by atoms with Gasteiger partial charge in [-0.3, -0.25) is 0 Å². The van der Waals surface area contributed by atoms with E-state index in [9.17, 15) is 0 Å². The number of para-hydroxylation sites is 4. The Balaban J connectivity index is 1.01. The van der Waals surface area contributed by atoms with Gasteiger partial charge in [0.1, 0.15) is 22.7 Å². The SMILES string of the molecule is c1ccc(-c2ccccc2-c2ccccc2-c2ccccc2N(c2ccc(-c3cccc4oc5ccccc5c34)cc2)c2ccc3c(c2)C2(c4ccccc4Oc4ccccc42)c2ccccc2-3)cc1. The smallest absolute Gasteiger partial charge is 0.136 e. The number of fused-ring (bicyclic) bond motifs is 12. The Kier molecular flexibility index (Phi) is 9.11. The number of hydrogen-bond acceptors (Lipinski definition) is 3. The lowest BCUT2D eigenvalue weighted by Gasteiger charge is -2.39. The van der Waals surface area contributed by atoms with E-state index in [1.165, 1.54) is 44.5 Å². The minimum atomic E-state index is -0.623. The second kappa shape index (κ2) is 16.0. The summed E-state index contributed by atoms with van der Waals surface area (Å²) in [5.74, 6) is 1.75. The zero-order chi connectivity index (χ0) is 46.2. The molecule has 14 rings (SSSR count). The maximum atomic E-state index is 6.74. The third-order valence-corrected chi connectivity index (χ3v) is 14.6. The van der Waals surface area contributed by atoms with Crippen molar-refractivity contribution in [2.24, 2.45) is 0 Å². The first-order chi connectivity index (χ1) is 34.7. The highest BCUT2D eigenvalue weighted by Crippen LogP contribution is 2.63. The van der Waals surface area contributed by atoms with Crippen molar-refractivity contribution >= 4 is 39.0 Å². The second-order valence-electron chi connectivity index (χ2n) is 18.3. The monoisotopic (exact) mass is 893 g/mol. The lowest BCUT2D eigenvalue weighted by Crippen LogP contribution is -2.32. The van der Waals surface area contributed by atoms with Crippen LogP contribution in [0.2, 0.25) is 0 Å². The van der Waals surface area contributed by atoms with Crippen LogP contribution in [0.1, 0.15) is 22.3 Å². The Hall–Kier alpha value is -9.18. The molecule has 328 valence electrons.